The van der Waals surface area contributed by atoms with E-state index in [1.54, 1.807) is 0 Å². The van der Waals surface area contributed by atoms with Gasteiger partial charge in [-0.3, -0.25) is 14.5 Å². The number of nitrogens with one attached hydrogen (secondary N) is 1. The number of para-hydroxylation sites is 1. The highest BCUT2D eigenvalue weighted by Crippen LogP contribution is 2.34. The van der Waals surface area contributed by atoms with Gasteiger partial charge in [-0.2, -0.15) is 0 Å². The highest BCUT2D eigenvalue weighted by Gasteiger charge is 2.37. The summed E-state index contributed by atoms with van der Waals surface area (Å²) in [6.45, 7) is 1.93. The Morgan fingerprint density at radius 3 is 2.56 bits per heavy atom. The Balaban J connectivity index is 1.70. The number of methoxy groups -OCH3 is 1. The van der Waals surface area contributed by atoms with Gasteiger partial charge in [-0.15, -0.1) is 0 Å². The summed E-state index contributed by atoms with van der Waals surface area (Å²) in [6, 6.07) is 6.83. The number of imide groups is 1. The Morgan fingerprint density at radius 2 is 1.88 bits per heavy atom. The van der Waals surface area contributed by atoms with E-state index in [1.165, 1.54) is 12.0 Å². The molecule has 6 heteroatoms. The van der Waals surface area contributed by atoms with Crippen molar-refractivity contribution in [3.05, 3.63) is 29.8 Å². The van der Waals surface area contributed by atoms with Gasteiger partial charge in [-0.25, -0.2) is 4.79 Å². The van der Waals surface area contributed by atoms with Crippen LogP contribution in [0.15, 0.2) is 24.3 Å². The first-order valence-corrected chi connectivity index (χ1v) is 8.80. The summed E-state index contributed by atoms with van der Waals surface area (Å²) in [7, 11) is 1.41. The van der Waals surface area contributed by atoms with Gasteiger partial charge in [-0.1, -0.05) is 18.2 Å². The summed E-state index contributed by atoms with van der Waals surface area (Å²) >= 11 is 0. The number of esters is 1. The molecular weight excluding hydrogens is 320 g/mol. The number of anilines is 1. The van der Waals surface area contributed by atoms with E-state index in [0.717, 1.165) is 31.2 Å². The van der Waals surface area contributed by atoms with Gasteiger partial charge in [0.1, 0.15) is 0 Å². The third kappa shape index (κ3) is 3.52. The molecule has 2 aliphatic rings. The lowest BCUT2D eigenvalue weighted by Crippen LogP contribution is -2.49. The molecule has 1 aliphatic carbocycles. The second-order valence-corrected chi connectivity index (χ2v) is 6.90. The van der Waals surface area contributed by atoms with Gasteiger partial charge in [-0.05, 0) is 50.2 Å². The minimum absolute atomic E-state index is 0.0635. The Morgan fingerprint density at radius 1 is 1.20 bits per heavy atom. The van der Waals surface area contributed by atoms with E-state index in [-0.39, 0.29) is 42.2 Å². The zero-order chi connectivity index (χ0) is 18.0. The Hall–Kier alpha value is -2.37. The first-order chi connectivity index (χ1) is 12.0. The second kappa shape index (κ2) is 7.25. The van der Waals surface area contributed by atoms with Crippen molar-refractivity contribution in [3.8, 4) is 0 Å². The van der Waals surface area contributed by atoms with Gasteiger partial charge in [0.2, 0.25) is 5.91 Å². The monoisotopic (exact) mass is 344 g/mol. The van der Waals surface area contributed by atoms with Crippen LogP contribution in [0.3, 0.4) is 0 Å². The standard InChI is InChI=1S/C19H24N2O4/c1-12(13-7-9-14(10-8-13)18(23)25-2)21-17(22)11-15-5-3-4-6-16(15)20-19(21)24/h3-6,12-14H,7-11H2,1-2H3,(H,20,24). The number of fused-ring (bicyclic) bond motifs is 1. The maximum Gasteiger partial charge on any atom is 0.328 e. The molecule has 1 aliphatic heterocycles. The molecule has 25 heavy (non-hydrogen) atoms. The molecule has 1 saturated carbocycles. The van der Waals surface area contributed by atoms with Crippen LogP contribution in [-0.2, 0) is 20.7 Å². The van der Waals surface area contributed by atoms with Crippen molar-refractivity contribution in [2.24, 2.45) is 11.8 Å². The number of carbonyl (C=O) groups excluding carboxylic acids is 3. The van der Waals surface area contributed by atoms with Crippen molar-refractivity contribution in [3.63, 3.8) is 0 Å². The summed E-state index contributed by atoms with van der Waals surface area (Å²) < 4.78 is 4.82. The van der Waals surface area contributed by atoms with Crippen LogP contribution in [0.25, 0.3) is 0 Å². The van der Waals surface area contributed by atoms with Gasteiger partial charge >= 0.3 is 12.0 Å². The predicted octanol–water partition coefficient (Wildman–Crippen LogP) is 2.97. The Bertz CT molecular complexity index is 643. The van der Waals surface area contributed by atoms with Crippen LogP contribution in [0.1, 0.15) is 38.2 Å². The summed E-state index contributed by atoms with van der Waals surface area (Å²) in [4.78, 5) is 38.3. The molecule has 1 heterocycles. The van der Waals surface area contributed by atoms with Gasteiger partial charge in [0.15, 0.2) is 0 Å². The zero-order valence-corrected chi connectivity index (χ0v) is 14.7. The zero-order valence-electron chi connectivity index (χ0n) is 14.7. The molecule has 3 amide bonds. The van der Waals surface area contributed by atoms with Crippen LogP contribution >= 0.6 is 0 Å². The quantitative estimate of drug-likeness (QED) is 0.855. The molecule has 1 atom stereocenters. The van der Waals surface area contributed by atoms with Crippen molar-refractivity contribution in [1.82, 2.24) is 4.90 Å². The number of benzene rings is 1. The SMILES string of the molecule is COC(=O)C1CCC(C(C)N2C(=O)Cc3ccccc3NC2=O)CC1. The molecule has 0 saturated heterocycles. The molecular formula is C19H24N2O4. The smallest absolute Gasteiger partial charge is 0.328 e. The summed E-state index contributed by atoms with van der Waals surface area (Å²) in [5.74, 6) is -0.196. The molecule has 1 aromatic rings. The second-order valence-electron chi connectivity index (χ2n) is 6.90. The molecule has 134 valence electrons. The third-order valence-corrected chi connectivity index (χ3v) is 5.48. The molecule has 1 aromatic carbocycles. The molecule has 0 spiro atoms. The van der Waals surface area contributed by atoms with Crippen LogP contribution in [0, 0.1) is 11.8 Å². The number of hydrogen-bond donors (Lipinski definition) is 1. The number of nitrogens with zero attached hydrogens (tertiary/aromatic N) is 1. The average molecular weight is 344 g/mol. The van der Waals surface area contributed by atoms with Crippen molar-refractivity contribution in [2.75, 3.05) is 12.4 Å². The van der Waals surface area contributed by atoms with E-state index in [4.69, 9.17) is 4.74 Å². The van der Waals surface area contributed by atoms with Gasteiger partial charge in [0, 0.05) is 11.7 Å². The van der Waals surface area contributed by atoms with Crippen molar-refractivity contribution in [1.29, 1.82) is 0 Å². The van der Waals surface area contributed by atoms with E-state index < -0.39 is 0 Å². The number of amides is 3. The number of ether oxygens (including phenoxy) is 1. The van der Waals surface area contributed by atoms with Crippen molar-refractivity contribution in [2.45, 2.75) is 45.1 Å². The van der Waals surface area contributed by atoms with Crippen LogP contribution in [0.5, 0.6) is 0 Å². The van der Waals surface area contributed by atoms with Gasteiger partial charge in [0.25, 0.3) is 0 Å². The van der Waals surface area contributed by atoms with E-state index in [9.17, 15) is 14.4 Å². The van der Waals surface area contributed by atoms with Crippen LogP contribution in [-0.4, -0.2) is 36.0 Å². The fourth-order valence-corrected chi connectivity index (χ4v) is 3.96. The van der Waals surface area contributed by atoms with Gasteiger partial charge in [0.05, 0.1) is 19.4 Å². The van der Waals surface area contributed by atoms with Crippen LogP contribution in [0.2, 0.25) is 0 Å². The average Bonchev–Trinajstić information content (AvgIpc) is 2.75. The fourth-order valence-electron chi connectivity index (χ4n) is 3.96. The van der Waals surface area contributed by atoms with E-state index >= 15 is 0 Å². The van der Waals surface area contributed by atoms with Crippen molar-refractivity contribution >= 4 is 23.6 Å². The lowest BCUT2D eigenvalue weighted by Gasteiger charge is -2.36. The fraction of sp³-hybridized carbons (Fsp3) is 0.526. The topological polar surface area (TPSA) is 75.7 Å². The number of carbonyl (C=O) groups is 3. The molecule has 0 aromatic heterocycles. The van der Waals surface area contributed by atoms with Crippen LogP contribution < -0.4 is 5.32 Å². The summed E-state index contributed by atoms with van der Waals surface area (Å²) in [5, 5.41) is 2.85. The normalized spacial score (nSPS) is 24.8. The van der Waals surface area contributed by atoms with Gasteiger partial charge < -0.3 is 10.1 Å². The number of rotatable bonds is 3. The number of hydrogen-bond acceptors (Lipinski definition) is 4. The first kappa shape index (κ1) is 17.5. The largest absolute Gasteiger partial charge is 0.469 e. The third-order valence-electron chi connectivity index (χ3n) is 5.48. The minimum atomic E-state index is -0.363. The lowest BCUT2D eigenvalue weighted by molar-refractivity contribution is -0.147. The molecule has 1 unspecified atom stereocenters. The Kier molecular flexibility index (Phi) is 5.06. The lowest BCUT2D eigenvalue weighted by atomic mass is 9.78. The van der Waals surface area contributed by atoms with E-state index in [1.807, 2.05) is 31.2 Å². The van der Waals surface area contributed by atoms with E-state index in [2.05, 4.69) is 5.32 Å². The first-order valence-electron chi connectivity index (χ1n) is 8.80. The molecule has 3 rings (SSSR count). The maximum atomic E-state index is 12.7. The van der Waals surface area contributed by atoms with Crippen LogP contribution in [0.4, 0.5) is 10.5 Å². The highest BCUT2D eigenvalue weighted by molar-refractivity contribution is 6.05. The van der Waals surface area contributed by atoms with Crippen molar-refractivity contribution < 1.29 is 19.1 Å². The highest BCUT2D eigenvalue weighted by atomic mass is 16.5. The maximum absolute atomic E-state index is 12.7. The Labute approximate surface area is 147 Å². The summed E-state index contributed by atoms with van der Waals surface area (Å²) in [5.41, 5.74) is 1.54. The molecule has 1 N–H and O–H groups in total. The predicted molar refractivity (Wildman–Crippen MR) is 92.9 cm³/mol. The molecule has 1 fully saturated rings. The molecule has 6 nitrogen and oxygen atoms in total. The molecule has 0 radical (unpaired) electrons. The molecule has 0 bridgehead atoms. The van der Waals surface area contributed by atoms with E-state index in [0.29, 0.717) is 5.69 Å². The summed E-state index contributed by atoms with van der Waals surface area (Å²) in [6.07, 6.45) is 3.32. The number of urea groups is 1. The minimum Gasteiger partial charge on any atom is -0.469 e.